The third-order valence-corrected chi connectivity index (χ3v) is 4.12. The van der Waals surface area contributed by atoms with Crippen molar-refractivity contribution in [2.45, 2.75) is 32.6 Å². The molecule has 2 amide bonds. The van der Waals surface area contributed by atoms with Crippen molar-refractivity contribution in [2.75, 3.05) is 31.6 Å². The number of hydrogen-bond acceptors (Lipinski definition) is 4. The van der Waals surface area contributed by atoms with E-state index in [1.165, 1.54) is 0 Å². The van der Waals surface area contributed by atoms with Gasteiger partial charge in [-0.1, -0.05) is 6.92 Å². The normalized spacial score (nSPS) is 17.4. The molecular weight excluding hydrogens is 306 g/mol. The lowest BCUT2D eigenvalue weighted by Crippen LogP contribution is -2.43. The Balaban J connectivity index is 1.88. The van der Waals surface area contributed by atoms with E-state index in [0.29, 0.717) is 26.1 Å². The standard InChI is InChI=1S/C18H27N3O3/c1-2-4-17(22)21-11-3-5-14(13-21)18(23)20-15-6-8-16(9-7-15)24-12-10-19/h6-9,14H,2-5,10-13,19H2,1H3,(H,20,23). The summed E-state index contributed by atoms with van der Waals surface area (Å²) in [4.78, 5) is 26.3. The molecule has 1 unspecified atom stereocenters. The van der Waals surface area contributed by atoms with Crippen LogP contribution >= 0.6 is 0 Å². The molecule has 1 saturated heterocycles. The maximum Gasteiger partial charge on any atom is 0.229 e. The van der Waals surface area contributed by atoms with Crippen molar-refractivity contribution in [2.24, 2.45) is 11.7 Å². The molecule has 0 radical (unpaired) electrons. The monoisotopic (exact) mass is 333 g/mol. The van der Waals surface area contributed by atoms with Crippen LogP contribution in [0.2, 0.25) is 0 Å². The molecule has 0 aliphatic carbocycles. The molecule has 1 atom stereocenters. The lowest BCUT2D eigenvalue weighted by molar-refractivity contribution is -0.134. The molecule has 0 spiro atoms. The van der Waals surface area contributed by atoms with Crippen LogP contribution in [-0.4, -0.2) is 43.0 Å². The van der Waals surface area contributed by atoms with Crippen molar-refractivity contribution in [3.8, 4) is 5.75 Å². The highest BCUT2D eigenvalue weighted by Gasteiger charge is 2.28. The zero-order valence-corrected chi connectivity index (χ0v) is 14.3. The van der Waals surface area contributed by atoms with Crippen LogP contribution in [0.25, 0.3) is 0 Å². The molecule has 1 fully saturated rings. The summed E-state index contributed by atoms with van der Waals surface area (Å²) < 4.78 is 5.41. The van der Waals surface area contributed by atoms with Crippen molar-refractivity contribution < 1.29 is 14.3 Å². The fourth-order valence-electron chi connectivity index (χ4n) is 2.85. The number of nitrogens with one attached hydrogen (secondary N) is 1. The second kappa shape index (κ2) is 9.27. The average Bonchev–Trinajstić information content (AvgIpc) is 2.61. The maximum absolute atomic E-state index is 12.5. The third-order valence-electron chi connectivity index (χ3n) is 4.12. The average molecular weight is 333 g/mol. The van der Waals surface area contributed by atoms with Crippen LogP contribution in [0, 0.1) is 5.92 Å². The number of hydrogen-bond donors (Lipinski definition) is 2. The second-order valence-corrected chi connectivity index (χ2v) is 6.08. The lowest BCUT2D eigenvalue weighted by Gasteiger charge is -2.32. The Kier molecular flexibility index (Phi) is 7.06. The van der Waals surface area contributed by atoms with Crippen LogP contribution < -0.4 is 15.8 Å². The number of piperidine rings is 1. The number of carbonyl (C=O) groups is 2. The molecule has 1 aromatic rings. The van der Waals surface area contributed by atoms with E-state index in [-0.39, 0.29) is 17.7 Å². The van der Waals surface area contributed by atoms with Crippen LogP contribution in [-0.2, 0) is 9.59 Å². The summed E-state index contributed by atoms with van der Waals surface area (Å²) in [6.07, 6.45) is 3.09. The van der Waals surface area contributed by atoms with Crippen LogP contribution in [0.4, 0.5) is 5.69 Å². The van der Waals surface area contributed by atoms with Crippen molar-refractivity contribution in [1.29, 1.82) is 0 Å². The quantitative estimate of drug-likeness (QED) is 0.799. The summed E-state index contributed by atoms with van der Waals surface area (Å²) >= 11 is 0. The van der Waals surface area contributed by atoms with Gasteiger partial charge in [-0.05, 0) is 43.5 Å². The minimum Gasteiger partial charge on any atom is -0.492 e. The van der Waals surface area contributed by atoms with Crippen LogP contribution in [0.5, 0.6) is 5.75 Å². The zero-order valence-electron chi connectivity index (χ0n) is 14.3. The third kappa shape index (κ3) is 5.23. The van der Waals surface area contributed by atoms with Gasteiger partial charge in [-0.3, -0.25) is 9.59 Å². The maximum atomic E-state index is 12.5. The highest BCUT2D eigenvalue weighted by atomic mass is 16.5. The Labute approximate surface area is 143 Å². The van der Waals surface area contributed by atoms with Gasteiger partial charge in [0.2, 0.25) is 11.8 Å². The Bertz CT molecular complexity index is 545. The van der Waals surface area contributed by atoms with Gasteiger partial charge in [0.25, 0.3) is 0 Å². The number of amides is 2. The van der Waals surface area contributed by atoms with E-state index >= 15 is 0 Å². The molecule has 1 aliphatic rings. The molecule has 6 heteroatoms. The Morgan fingerprint density at radius 2 is 2.08 bits per heavy atom. The predicted molar refractivity (Wildman–Crippen MR) is 93.8 cm³/mol. The van der Waals surface area contributed by atoms with Gasteiger partial charge >= 0.3 is 0 Å². The largest absolute Gasteiger partial charge is 0.492 e. The van der Waals surface area contributed by atoms with E-state index in [4.69, 9.17) is 10.5 Å². The van der Waals surface area contributed by atoms with E-state index in [1.807, 2.05) is 36.1 Å². The second-order valence-electron chi connectivity index (χ2n) is 6.08. The van der Waals surface area contributed by atoms with Crippen molar-refractivity contribution in [1.82, 2.24) is 4.90 Å². The van der Waals surface area contributed by atoms with Crippen LogP contribution in [0.3, 0.4) is 0 Å². The Morgan fingerprint density at radius 3 is 2.75 bits per heavy atom. The van der Waals surface area contributed by atoms with Gasteiger partial charge in [0.15, 0.2) is 0 Å². The Hall–Kier alpha value is -2.08. The van der Waals surface area contributed by atoms with Crippen molar-refractivity contribution in [3.05, 3.63) is 24.3 Å². The SMILES string of the molecule is CCCC(=O)N1CCCC(C(=O)Nc2ccc(OCCN)cc2)C1. The number of rotatable bonds is 7. The highest BCUT2D eigenvalue weighted by Crippen LogP contribution is 2.21. The van der Waals surface area contributed by atoms with Crippen molar-refractivity contribution in [3.63, 3.8) is 0 Å². The lowest BCUT2D eigenvalue weighted by atomic mass is 9.96. The number of benzene rings is 1. The number of nitrogens with two attached hydrogens (primary N) is 1. The first-order valence-electron chi connectivity index (χ1n) is 8.65. The Morgan fingerprint density at radius 1 is 1.33 bits per heavy atom. The minimum absolute atomic E-state index is 0.0281. The molecule has 6 nitrogen and oxygen atoms in total. The van der Waals surface area contributed by atoms with Crippen LogP contribution in [0.15, 0.2) is 24.3 Å². The van der Waals surface area contributed by atoms with Gasteiger partial charge in [0.05, 0.1) is 5.92 Å². The molecular formula is C18H27N3O3. The van der Waals surface area contributed by atoms with Gasteiger partial charge in [-0.2, -0.15) is 0 Å². The first-order valence-corrected chi connectivity index (χ1v) is 8.65. The van der Waals surface area contributed by atoms with E-state index in [0.717, 1.165) is 37.2 Å². The number of nitrogens with zero attached hydrogens (tertiary/aromatic N) is 1. The van der Waals surface area contributed by atoms with Gasteiger partial charge in [0, 0.05) is 31.7 Å². The topological polar surface area (TPSA) is 84.7 Å². The van der Waals surface area contributed by atoms with E-state index in [9.17, 15) is 9.59 Å². The molecule has 1 aromatic carbocycles. The van der Waals surface area contributed by atoms with E-state index < -0.39 is 0 Å². The fraction of sp³-hybridized carbons (Fsp3) is 0.556. The summed E-state index contributed by atoms with van der Waals surface area (Å²) in [7, 11) is 0. The minimum atomic E-state index is -0.146. The van der Waals surface area contributed by atoms with Gasteiger partial charge in [0.1, 0.15) is 12.4 Å². The molecule has 0 aromatic heterocycles. The molecule has 0 bridgehead atoms. The summed E-state index contributed by atoms with van der Waals surface area (Å²) in [5.41, 5.74) is 6.13. The number of ether oxygens (including phenoxy) is 1. The molecule has 3 N–H and O–H groups in total. The summed E-state index contributed by atoms with van der Waals surface area (Å²) in [6, 6.07) is 7.24. The van der Waals surface area contributed by atoms with Gasteiger partial charge in [-0.25, -0.2) is 0 Å². The van der Waals surface area contributed by atoms with Gasteiger partial charge < -0.3 is 20.7 Å². The molecule has 132 valence electrons. The molecule has 0 saturated carbocycles. The summed E-state index contributed by atoms with van der Waals surface area (Å²) in [6.45, 7) is 4.20. The summed E-state index contributed by atoms with van der Waals surface area (Å²) in [5.74, 6) is 0.705. The first-order chi connectivity index (χ1) is 11.6. The first kappa shape index (κ1) is 18.3. The summed E-state index contributed by atoms with van der Waals surface area (Å²) in [5, 5.41) is 2.93. The number of carbonyl (C=O) groups excluding carboxylic acids is 2. The predicted octanol–water partition coefficient (Wildman–Crippen LogP) is 2.00. The zero-order chi connectivity index (χ0) is 17.4. The molecule has 2 rings (SSSR count). The van der Waals surface area contributed by atoms with E-state index in [1.54, 1.807) is 0 Å². The number of likely N-dealkylation sites (tertiary alicyclic amines) is 1. The molecule has 1 heterocycles. The van der Waals surface area contributed by atoms with Gasteiger partial charge in [-0.15, -0.1) is 0 Å². The smallest absolute Gasteiger partial charge is 0.229 e. The fourth-order valence-corrected chi connectivity index (χ4v) is 2.85. The van der Waals surface area contributed by atoms with Crippen molar-refractivity contribution >= 4 is 17.5 Å². The van der Waals surface area contributed by atoms with Crippen LogP contribution in [0.1, 0.15) is 32.6 Å². The highest BCUT2D eigenvalue weighted by molar-refractivity contribution is 5.93. The van der Waals surface area contributed by atoms with E-state index in [2.05, 4.69) is 5.32 Å². The molecule has 24 heavy (non-hydrogen) atoms. The number of anilines is 1. The molecule has 1 aliphatic heterocycles.